The molecule has 0 saturated carbocycles. The summed E-state index contributed by atoms with van der Waals surface area (Å²) in [4.78, 5) is 16.8. The molecule has 1 heterocycles. The molecule has 0 aliphatic carbocycles. The smallest absolute Gasteiger partial charge is 0.237 e. The van der Waals surface area contributed by atoms with E-state index in [1.54, 1.807) is 0 Å². The van der Waals surface area contributed by atoms with Gasteiger partial charge in [0.05, 0.1) is 5.25 Å². The summed E-state index contributed by atoms with van der Waals surface area (Å²) >= 11 is 1.33. The van der Waals surface area contributed by atoms with Gasteiger partial charge in [-0.3, -0.25) is 9.89 Å². The highest BCUT2D eigenvalue weighted by molar-refractivity contribution is 8.00. The van der Waals surface area contributed by atoms with Gasteiger partial charge in [0.2, 0.25) is 11.1 Å². The highest BCUT2D eigenvalue weighted by Crippen LogP contribution is 2.23. The van der Waals surface area contributed by atoms with Gasteiger partial charge in [0.25, 0.3) is 0 Å². The Labute approximate surface area is 151 Å². The van der Waals surface area contributed by atoms with E-state index in [4.69, 9.17) is 0 Å². The number of aryl methyl sites for hydroxylation is 1. The van der Waals surface area contributed by atoms with Crippen molar-refractivity contribution in [2.45, 2.75) is 30.7 Å². The number of H-pyrrole nitrogens is 1. The Morgan fingerprint density at radius 3 is 2.56 bits per heavy atom. The summed E-state index contributed by atoms with van der Waals surface area (Å²) in [5.74, 6) is 0.631. The Hall–Kier alpha value is -2.60. The van der Waals surface area contributed by atoms with Crippen LogP contribution in [0.2, 0.25) is 0 Å². The fourth-order valence-electron chi connectivity index (χ4n) is 2.30. The number of carbonyl (C=O) groups excluding carboxylic acids is 1. The third-order valence-electron chi connectivity index (χ3n) is 3.79. The molecule has 5 nitrogen and oxygen atoms in total. The molecule has 25 heavy (non-hydrogen) atoms. The highest BCUT2D eigenvalue weighted by Gasteiger charge is 2.17. The first-order valence-corrected chi connectivity index (χ1v) is 9.08. The summed E-state index contributed by atoms with van der Waals surface area (Å²) in [6, 6.07) is 17.7. The summed E-state index contributed by atoms with van der Waals surface area (Å²) in [7, 11) is 0. The summed E-state index contributed by atoms with van der Waals surface area (Å²) in [6.07, 6.45) is 0.981. The average Bonchev–Trinajstić information content (AvgIpc) is 3.11. The number of amides is 1. The van der Waals surface area contributed by atoms with Crippen LogP contribution in [0.1, 0.15) is 19.4 Å². The molecule has 0 aliphatic rings. The van der Waals surface area contributed by atoms with Crippen molar-refractivity contribution in [2.24, 2.45) is 0 Å². The molecule has 128 valence electrons. The minimum Gasteiger partial charge on any atom is -0.325 e. The van der Waals surface area contributed by atoms with Crippen molar-refractivity contribution in [3.8, 4) is 11.4 Å². The maximum absolute atomic E-state index is 12.4. The van der Waals surface area contributed by atoms with E-state index in [0.717, 1.165) is 17.7 Å². The third kappa shape index (κ3) is 4.48. The highest BCUT2D eigenvalue weighted by atomic mass is 32.2. The molecule has 6 heteroatoms. The zero-order valence-corrected chi connectivity index (χ0v) is 15.0. The van der Waals surface area contributed by atoms with Gasteiger partial charge >= 0.3 is 0 Å². The number of rotatable bonds is 6. The normalized spacial score (nSPS) is 11.9. The largest absolute Gasteiger partial charge is 0.325 e. The number of carbonyl (C=O) groups is 1. The first-order chi connectivity index (χ1) is 12.2. The van der Waals surface area contributed by atoms with Crippen LogP contribution in [0.4, 0.5) is 5.69 Å². The van der Waals surface area contributed by atoms with Crippen LogP contribution in [0, 0.1) is 0 Å². The van der Waals surface area contributed by atoms with Crippen LogP contribution in [0.3, 0.4) is 0 Å². The van der Waals surface area contributed by atoms with Gasteiger partial charge in [-0.05, 0) is 31.0 Å². The Morgan fingerprint density at radius 2 is 1.88 bits per heavy atom. The second-order valence-electron chi connectivity index (χ2n) is 5.63. The van der Waals surface area contributed by atoms with Crippen molar-refractivity contribution in [2.75, 3.05) is 5.32 Å². The summed E-state index contributed by atoms with van der Waals surface area (Å²) in [6.45, 7) is 3.95. The second kappa shape index (κ2) is 7.98. The van der Waals surface area contributed by atoms with Crippen molar-refractivity contribution in [1.82, 2.24) is 15.2 Å². The van der Waals surface area contributed by atoms with Gasteiger partial charge < -0.3 is 5.32 Å². The van der Waals surface area contributed by atoms with Crippen molar-refractivity contribution in [1.29, 1.82) is 0 Å². The van der Waals surface area contributed by atoms with Crippen LogP contribution in [0.15, 0.2) is 59.8 Å². The lowest BCUT2D eigenvalue weighted by Crippen LogP contribution is -2.22. The van der Waals surface area contributed by atoms with Crippen LogP contribution in [0.5, 0.6) is 0 Å². The lowest BCUT2D eigenvalue weighted by molar-refractivity contribution is -0.115. The van der Waals surface area contributed by atoms with Crippen LogP contribution < -0.4 is 5.32 Å². The Bertz CT molecular complexity index is 830. The molecule has 0 radical (unpaired) electrons. The molecule has 3 rings (SSSR count). The van der Waals surface area contributed by atoms with Crippen LogP contribution in [-0.2, 0) is 11.2 Å². The first kappa shape index (κ1) is 17.2. The molecule has 0 spiro atoms. The maximum atomic E-state index is 12.4. The number of benzene rings is 2. The number of nitrogens with zero attached hydrogens (tertiary/aromatic N) is 2. The van der Waals surface area contributed by atoms with Gasteiger partial charge in [0.15, 0.2) is 5.82 Å². The number of hydrogen-bond acceptors (Lipinski definition) is 4. The van der Waals surface area contributed by atoms with E-state index in [1.165, 1.54) is 17.3 Å². The third-order valence-corrected chi connectivity index (χ3v) is 4.75. The topological polar surface area (TPSA) is 70.7 Å². The summed E-state index contributed by atoms with van der Waals surface area (Å²) in [5, 5.41) is 10.3. The van der Waals surface area contributed by atoms with E-state index in [0.29, 0.717) is 11.0 Å². The van der Waals surface area contributed by atoms with Gasteiger partial charge in [0.1, 0.15) is 0 Å². The van der Waals surface area contributed by atoms with Crippen LogP contribution >= 0.6 is 11.8 Å². The zero-order chi connectivity index (χ0) is 17.6. The number of thioether (sulfide) groups is 1. The molecule has 0 saturated heterocycles. The molecule has 3 aromatic rings. The first-order valence-electron chi connectivity index (χ1n) is 8.20. The quantitative estimate of drug-likeness (QED) is 0.654. The van der Waals surface area contributed by atoms with Crippen molar-refractivity contribution >= 4 is 23.4 Å². The average molecular weight is 352 g/mol. The number of aromatic nitrogens is 3. The van der Waals surface area contributed by atoms with E-state index in [2.05, 4.69) is 27.4 Å². The molecule has 1 atom stereocenters. The molecule has 0 aliphatic heterocycles. The zero-order valence-electron chi connectivity index (χ0n) is 14.2. The lowest BCUT2D eigenvalue weighted by atomic mass is 10.1. The lowest BCUT2D eigenvalue weighted by Gasteiger charge is -2.10. The Balaban J connectivity index is 1.60. The molecular formula is C19H20N4OS. The van der Waals surface area contributed by atoms with E-state index >= 15 is 0 Å². The van der Waals surface area contributed by atoms with Crippen molar-refractivity contribution in [3.63, 3.8) is 0 Å². The number of anilines is 1. The predicted molar refractivity (Wildman–Crippen MR) is 102 cm³/mol. The Kier molecular flexibility index (Phi) is 5.50. The molecule has 1 aromatic heterocycles. The molecule has 0 unspecified atom stereocenters. The summed E-state index contributed by atoms with van der Waals surface area (Å²) in [5.41, 5.74) is 3.01. The fraction of sp³-hybridized carbons (Fsp3) is 0.211. The second-order valence-corrected chi connectivity index (χ2v) is 6.94. The SMILES string of the molecule is CCc1ccc(NC(=O)[C@H](C)Sc2n[nH]c(-c3ccccc3)n2)cc1. The minimum absolute atomic E-state index is 0.0692. The van der Waals surface area contributed by atoms with Gasteiger partial charge in [-0.15, -0.1) is 5.10 Å². The van der Waals surface area contributed by atoms with E-state index < -0.39 is 0 Å². The molecule has 2 N–H and O–H groups in total. The number of hydrogen-bond donors (Lipinski definition) is 2. The van der Waals surface area contributed by atoms with Crippen LogP contribution in [-0.4, -0.2) is 26.3 Å². The molecule has 0 bridgehead atoms. The standard InChI is InChI=1S/C19H20N4OS/c1-3-14-9-11-16(12-10-14)20-18(24)13(2)25-19-21-17(22-23-19)15-7-5-4-6-8-15/h4-13H,3H2,1-2H3,(H,20,24)(H,21,22,23)/t13-/m0/s1. The molecular weight excluding hydrogens is 332 g/mol. The van der Waals surface area contributed by atoms with Crippen LogP contribution in [0.25, 0.3) is 11.4 Å². The van der Waals surface area contributed by atoms with E-state index in [1.807, 2.05) is 61.5 Å². The monoisotopic (exact) mass is 352 g/mol. The minimum atomic E-state index is -0.301. The fourth-order valence-corrected chi connectivity index (χ4v) is 3.03. The van der Waals surface area contributed by atoms with Gasteiger partial charge in [-0.25, -0.2) is 4.98 Å². The maximum Gasteiger partial charge on any atom is 0.237 e. The summed E-state index contributed by atoms with van der Waals surface area (Å²) < 4.78 is 0. The predicted octanol–water partition coefficient (Wildman–Crippen LogP) is 4.15. The Morgan fingerprint density at radius 1 is 1.16 bits per heavy atom. The van der Waals surface area contributed by atoms with Gasteiger partial charge in [-0.1, -0.05) is 61.2 Å². The van der Waals surface area contributed by atoms with Crippen molar-refractivity contribution < 1.29 is 4.79 Å². The number of nitrogens with one attached hydrogen (secondary N) is 2. The molecule has 2 aromatic carbocycles. The van der Waals surface area contributed by atoms with E-state index in [-0.39, 0.29) is 11.2 Å². The van der Waals surface area contributed by atoms with Crippen molar-refractivity contribution in [3.05, 3.63) is 60.2 Å². The van der Waals surface area contributed by atoms with Gasteiger partial charge in [0, 0.05) is 11.3 Å². The molecule has 0 fully saturated rings. The van der Waals surface area contributed by atoms with Gasteiger partial charge in [-0.2, -0.15) is 0 Å². The molecule has 1 amide bonds. The van der Waals surface area contributed by atoms with E-state index in [9.17, 15) is 4.79 Å². The number of aromatic amines is 1.